The van der Waals surface area contributed by atoms with E-state index in [0.717, 1.165) is 0 Å². The monoisotopic (exact) mass is 1460 g/mol. The van der Waals surface area contributed by atoms with Crippen LogP contribution in [-0.2, 0) is 77.5 Å². The van der Waals surface area contributed by atoms with Gasteiger partial charge in [0, 0.05) is 108 Å². The van der Waals surface area contributed by atoms with Gasteiger partial charge in [-0.25, -0.2) is 22.0 Å². The number of anilines is 2. The zero-order chi connectivity index (χ0) is 71.3. The summed E-state index contributed by atoms with van der Waals surface area (Å²) in [6.07, 6.45) is 11.2. The number of hydrogen-bond donors (Lipinski definition) is 8. The molecule has 5 heterocycles. The summed E-state index contributed by atoms with van der Waals surface area (Å²) in [7, 11) is -22.5. The number of pyridine rings is 2. The minimum absolute atomic E-state index is 0.0173. The van der Waals surface area contributed by atoms with E-state index in [1.807, 2.05) is 37.2 Å². The maximum Gasteiger partial charge on any atom is 0.295 e. The van der Waals surface area contributed by atoms with Gasteiger partial charge in [0.15, 0.2) is 5.71 Å². The summed E-state index contributed by atoms with van der Waals surface area (Å²) in [6.45, 7) is 7.86. The number of fused-ring (bicyclic) bond motifs is 6. The van der Waals surface area contributed by atoms with Gasteiger partial charge in [0.1, 0.15) is 16.3 Å². The third kappa shape index (κ3) is 17.6. The molecule has 29 nitrogen and oxygen atoms in total. The minimum Gasteiger partial charge on any atom is -0.748 e. The number of primary sulfonamides is 1. The molecule has 0 atom stereocenters. The number of carbonyl (C=O) groups excluding carboxylic acids is 4. The number of benzene rings is 4. The third-order valence-corrected chi connectivity index (χ3v) is 22.0. The molecule has 35 heteroatoms. The van der Waals surface area contributed by atoms with Gasteiger partial charge >= 0.3 is 0 Å². The van der Waals surface area contributed by atoms with E-state index in [1.165, 1.54) is 48.8 Å². The Morgan fingerprint density at radius 2 is 1.29 bits per heavy atom. The Kier molecular flexibility index (Phi) is 22.1. The summed E-state index contributed by atoms with van der Waals surface area (Å²) in [4.78, 5) is 61.4. The van der Waals surface area contributed by atoms with E-state index in [9.17, 15) is 79.5 Å². The zero-order valence-electron chi connectivity index (χ0n) is 53.1. The number of amides is 4. The van der Waals surface area contributed by atoms with Crippen LogP contribution in [0, 0.1) is 0 Å². The van der Waals surface area contributed by atoms with Crippen molar-refractivity contribution in [3.05, 3.63) is 161 Å². The number of aromatic nitrogens is 4. The molecule has 9 rings (SSSR count). The first-order valence-electron chi connectivity index (χ1n) is 30.3. The van der Waals surface area contributed by atoms with Crippen LogP contribution in [0.3, 0.4) is 0 Å². The first kappa shape index (κ1) is 73.6. The van der Waals surface area contributed by atoms with Crippen LogP contribution < -0.4 is 31.3 Å². The smallest absolute Gasteiger partial charge is 0.295 e. The number of nitrogens with zero attached hydrogens (tertiary/aromatic N) is 6. The molecule has 2 aliphatic rings. The van der Waals surface area contributed by atoms with E-state index in [0.29, 0.717) is 92.2 Å². The Hall–Kier alpha value is -8.62. The summed E-state index contributed by atoms with van der Waals surface area (Å²) < 4.78 is 165. The van der Waals surface area contributed by atoms with Crippen molar-refractivity contribution in [2.24, 2.45) is 5.14 Å². The zero-order valence-corrected chi connectivity index (χ0v) is 58.0. The summed E-state index contributed by atoms with van der Waals surface area (Å²) in [5.41, 5.74) is 3.24. The fourth-order valence-corrected chi connectivity index (χ4v) is 15.7. The van der Waals surface area contributed by atoms with E-state index in [2.05, 4.69) is 36.4 Å². The largest absolute Gasteiger partial charge is 0.748 e. The number of nitrogens with two attached hydrogens (primary N) is 1. The van der Waals surface area contributed by atoms with Gasteiger partial charge in [-0.1, -0.05) is 68.0 Å². The molecule has 520 valence electrons. The fraction of sp³-hybridized carbons (Fsp3) is 0.317. The van der Waals surface area contributed by atoms with Crippen LogP contribution in [0.4, 0.5) is 16.5 Å². The van der Waals surface area contributed by atoms with Gasteiger partial charge in [-0.3, -0.25) is 42.8 Å². The number of allylic oxidation sites excluding steroid dienone is 6. The lowest BCUT2D eigenvalue weighted by Crippen LogP contribution is -2.28. The molecule has 0 radical (unpaired) electrons. The third-order valence-electron chi connectivity index (χ3n) is 16.4. The van der Waals surface area contributed by atoms with Gasteiger partial charge in [0.2, 0.25) is 27.0 Å². The highest BCUT2D eigenvalue weighted by Gasteiger charge is 2.46. The van der Waals surface area contributed by atoms with E-state index in [4.69, 9.17) is 10.1 Å². The first-order valence-corrected chi connectivity index (χ1v) is 38.7. The van der Waals surface area contributed by atoms with Crippen LogP contribution in [0.15, 0.2) is 141 Å². The Morgan fingerprint density at radius 3 is 1.88 bits per heavy atom. The number of rotatable bonds is 29. The van der Waals surface area contributed by atoms with E-state index in [1.54, 1.807) is 72.8 Å². The standard InChI is InChI=1S/C63H69N11O18S6/c1-62(2)52(73(32-10-34-94(79,80)81)48-25-22-43-45(56(48)62)12-8-14-50(43)97(87,88)89)27-19-39(20-28-53-63(3,4)57-46-13-9-15-51(98(90,91)92)44(46)23-26-49(57)74(53)33-11-35-95(82,83)84)47-24-18-41(37-68-47)58(77)65-30-7-5-6-16-54(75)69-38-42-21-17-40(36-67-42)59(78)66-31-29-55(76)70-60-71-72-61(93-60)96(64,85)86/h8-9,12-15,17-28,36-37H,5-7,10-11,16,29-35,38H2,1-4H3,(H9-,64,65,66,69,70,71,75,76,77,78,79,80,81,82,83,84,85,86,87,88,89,90,91,92). The molecule has 0 aliphatic carbocycles. The second-order valence-corrected chi connectivity index (χ2v) is 32.6. The molecule has 0 unspecified atom stereocenters. The normalized spacial score (nSPS) is 15.3. The highest BCUT2D eigenvalue weighted by Crippen LogP contribution is 2.52. The molecule has 4 amide bonds. The molecule has 7 aromatic rings. The van der Waals surface area contributed by atoms with Crippen molar-refractivity contribution in [2.45, 2.75) is 104 Å². The second-order valence-electron chi connectivity index (χ2n) is 24.1. The lowest BCUT2D eigenvalue weighted by molar-refractivity contribution is -0.437. The van der Waals surface area contributed by atoms with Gasteiger partial charge in [-0.05, 0) is 110 Å². The lowest BCUT2D eigenvalue weighted by atomic mass is 9.79. The number of hydrogen-bond acceptors (Lipinski definition) is 21. The molecule has 4 aromatic carbocycles. The average molecular weight is 1460 g/mol. The quantitative estimate of drug-likeness (QED) is 0.00869. The van der Waals surface area contributed by atoms with Crippen LogP contribution in [0.25, 0.3) is 27.1 Å². The predicted octanol–water partition coefficient (Wildman–Crippen LogP) is 6.05. The molecule has 0 saturated carbocycles. The lowest BCUT2D eigenvalue weighted by Gasteiger charge is -2.27. The van der Waals surface area contributed by atoms with Crippen LogP contribution in [0.5, 0.6) is 0 Å². The summed E-state index contributed by atoms with van der Waals surface area (Å²) in [5.74, 6) is -3.06. The van der Waals surface area contributed by atoms with Gasteiger partial charge in [-0.2, -0.15) is 29.8 Å². The van der Waals surface area contributed by atoms with Crippen molar-refractivity contribution in [3.63, 3.8) is 0 Å². The van der Waals surface area contributed by atoms with Crippen LogP contribution in [0.1, 0.15) is 116 Å². The first-order chi connectivity index (χ1) is 45.9. The fourth-order valence-electron chi connectivity index (χ4n) is 12.0. The molecule has 9 N–H and O–H groups in total. The molecule has 0 bridgehead atoms. The van der Waals surface area contributed by atoms with Crippen molar-refractivity contribution in [1.29, 1.82) is 0 Å². The summed E-state index contributed by atoms with van der Waals surface area (Å²) in [6, 6.07) is 21.6. The van der Waals surface area contributed by atoms with Crippen molar-refractivity contribution >= 4 is 135 Å². The number of nitrogens with one attached hydrogen (secondary N) is 4. The van der Waals surface area contributed by atoms with Gasteiger partial charge in [-0.15, -0.1) is 10.2 Å². The maximum atomic E-state index is 13.6. The molecule has 3 aromatic heterocycles. The molecule has 0 saturated heterocycles. The molecular weight excluding hydrogens is 1390 g/mol. The SMILES string of the molecule is CC1(C)C(=CC=C(C=CC2=[N+](CCCS(=O)(=O)[O-])c3ccc4c(S(=O)(=O)O)cccc4c3C2(C)C)c2ccc(C(=O)NCCCCCC(=O)NCc3ccc(C(=O)NCCC(=O)Nc4nnc(S(N)(=O)=O)s4)cn3)cn2)N(CCCS(=O)(=O)O)c2ccc3c(S(=O)(=O)O)cccc3c21. The molecule has 98 heavy (non-hydrogen) atoms. The Balaban J connectivity index is 0.912. The predicted molar refractivity (Wildman–Crippen MR) is 364 cm³/mol. The molecule has 2 aliphatic heterocycles. The molecule has 0 spiro atoms. The topological polar surface area (TPSA) is 455 Å². The highest BCUT2D eigenvalue weighted by molar-refractivity contribution is 7.91. The minimum atomic E-state index is -4.70. The number of unbranched alkanes of at least 4 members (excludes halogenated alkanes) is 2. The van der Waals surface area contributed by atoms with Gasteiger partial charge in [0.25, 0.3) is 52.2 Å². The molecular formula is C63H69N11O18S6. The second kappa shape index (κ2) is 29.4. The Morgan fingerprint density at radius 1 is 0.653 bits per heavy atom. The Labute approximate surface area is 569 Å². The van der Waals surface area contributed by atoms with Crippen LogP contribution in [-0.4, -0.2) is 152 Å². The van der Waals surface area contributed by atoms with Crippen molar-refractivity contribution in [1.82, 2.24) is 36.1 Å². The highest BCUT2D eigenvalue weighted by atomic mass is 32.3. The summed E-state index contributed by atoms with van der Waals surface area (Å²) >= 11 is 0.576. The van der Waals surface area contributed by atoms with Crippen LogP contribution >= 0.6 is 11.3 Å². The maximum absolute atomic E-state index is 13.6. The van der Waals surface area contributed by atoms with E-state index in [-0.39, 0.29) is 101 Å². The van der Waals surface area contributed by atoms with Gasteiger partial charge < -0.3 is 30.7 Å². The van der Waals surface area contributed by atoms with Crippen molar-refractivity contribution in [2.75, 3.05) is 47.9 Å². The van der Waals surface area contributed by atoms with Gasteiger partial charge in [0.05, 0.1) is 50.3 Å². The molecule has 0 fully saturated rings. The summed E-state index contributed by atoms with van der Waals surface area (Å²) in [5, 5.41) is 23.9. The number of sulfonamides is 1. The van der Waals surface area contributed by atoms with Crippen molar-refractivity contribution in [3.8, 4) is 0 Å². The number of carbonyl (C=O) groups is 4. The Bertz CT molecular complexity index is 5060. The van der Waals surface area contributed by atoms with Crippen LogP contribution in [0.2, 0.25) is 0 Å². The van der Waals surface area contributed by atoms with E-state index >= 15 is 0 Å². The van der Waals surface area contributed by atoms with Crippen molar-refractivity contribution < 1.29 is 84.1 Å². The van der Waals surface area contributed by atoms with E-state index < -0.39 is 94.9 Å². The average Bonchev–Trinajstić information content (AvgIpc) is 1.56.